The fourth-order valence-electron chi connectivity index (χ4n) is 9.82. The monoisotopic (exact) mass is 604 g/mol. The molecule has 46 heavy (non-hydrogen) atoms. The Hall–Kier alpha value is -4.04. The molecule has 4 aliphatic rings. The predicted octanol–water partition coefficient (Wildman–Crippen LogP) is 10.1. The molecule has 2 aromatic heterocycles. The van der Waals surface area contributed by atoms with Gasteiger partial charge in [-0.3, -0.25) is 0 Å². The highest BCUT2D eigenvalue weighted by molar-refractivity contribution is 5.81. The Morgan fingerprint density at radius 2 is 1.43 bits per heavy atom. The smallest absolute Gasteiger partial charge is 0.194 e. The van der Waals surface area contributed by atoms with E-state index in [4.69, 9.17) is 0 Å². The first kappa shape index (κ1) is 29.4. The first-order valence-electron chi connectivity index (χ1n) is 17.7. The zero-order chi connectivity index (χ0) is 31.7. The van der Waals surface area contributed by atoms with Crippen LogP contribution in [0.5, 0.6) is 0 Å². The molecule has 1 saturated carbocycles. The minimum absolute atomic E-state index is 0.0423. The van der Waals surface area contributed by atoms with Crippen molar-refractivity contribution in [3.8, 4) is 22.5 Å². The molecule has 0 atom stereocenters. The van der Waals surface area contributed by atoms with Crippen LogP contribution in [-0.2, 0) is 18.9 Å². The minimum Gasteiger partial charge on any atom is -0.194 e. The van der Waals surface area contributed by atoms with Gasteiger partial charge in [-0.25, -0.2) is 0 Å². The average Bonchev–Trinajstić information content (AvgIpc) is 3.18. The van der Waals surface area contributed by atoms with Gasteiger partial charge in [0.15, 0.2) is 12.4 Å². The summed E-state index contributed by atoms with van der Waals surface area (Å²) < 4.78 is 4.91. The second kappa shape index (κ2) is 11.0. The van der Waals surface area contributed by atoms with Crippen LogP contribution in [-0.4, -0.2) is 0 Å². The highest BCUT2D eigenvalue weighted by Crippen LogP contribution is 2.52. The lowest BCUT2D eigenvalue weighted by Crippen LogP contribution is -2.34. The Labute approximate surface area is 275 Å². The van der Waals surface area contributed by atoms with E-state index in [0.29, 0.717) is 11.8 Å². The normalized spacial score (nSPS) is 19.3. The van der Waals surface area contributed by atoms with Crippen LogP contribution in [0.4, 0.5) is 0 Å². The van der Waals surface area contributed by atoms with Crippen molar-refractivity contribution >= 4 is 17.1 Å². The lowest BCUT2D eigenvalue weighted by molar-refractivity contribution is -0.633. The molecular weight excluding hydrogens is 556 g/mol. The third kappa shape index (κ3) is 4.36. The van der Waals surface area contributed by atoms with E-state index >= 15 is 0 Å². The molecule has 2 nitrogen and oxygen atoms in total. The van der Waals surface area contributed by atoms with Crippen LogP contribution in [0.2, 0.25) is 0 Å². The second-order valence-electron chi connectivity index (χ2n) is 14.6. The Kier molecular flexibility index (Phi) is 7.05. The molecule has 3 aliphatic carbocycles. The number of benzene rings is 3. The van der Waals surface area contributed by atoms with Crippen molar-refractivity contribution in [2.75, 3.05) is 0 Å². The molecule has 0 unspecified atom stereocenters. The van der Waals surface area contributed by atoms with E-state index in [1.807, 2.05) is 0 Å². The predicted molar refractivity (Wildman–Crippen MR) is 191 cm³/mol. The summed E-state index contributed by atoms with van der Waals surface area (Å²) in [5.41, 5.74) is 18.5. The number of hydrogen-bond acceptors (Lipinski definition) is 0. The quantitative estimate of drug-likeness (QED) is 0.176. The van der Waals surface area contributed by atoms with Gasteiger partial charge < -0.3 is 0 Å². The molecule has 3 aromatic carbocycles. The highest BCUT2D eigenvalue weighted by Gasteiger charge is 2.42. The molecule has 2 heteroatoms. The van der Waals surface area contributed by atoms with Gasteiger partial charge in [0, 0.05) is 46.1 Å². The largest absolute Gasteiger partial charge is 0.221 e. The lowest BCUT2D eigenvalue weighted by Gasteiger charge is -2.39. The van der Waals surface area contributed by atoms with Crippen LogP contribution in [0.3, 0.4) is 0 Å². The molecule has 5 aromatic rings. The van der Waals surface area contributed by atoms with Crippen molar-refractivity contribution < 1.29 is 9.13 Å². The first-order chi connectivity index (χ1) is 22.3. The molecule has 232 valence electrons. The van der Waals surface area contributed by atoms with E-state index in [2.05, 4.69) is 136 Å². The van der Waals surface area contributed by atoms with Gasteiger partial charge in [-0.1, -0.05) is 49.7 Å². The summed E-state index contributed by atoms with van der Waals surface area (Å²) in [7, 11) is 2.29. The number of nitrogens with zero attached hydrogens (tertiary/aromatic N) is 2. The van der Waals surface area contributed by atoms with Crippen LogP contribution in [0.25, 0.3) is 39.6 Å². The van der Waals surface area contributed by atoms with E-state index in [1.165, 1.54) is 92.5 Å². The molecule has 1 aliphatic heterocycles. The summed E-state index contributed by atoms with van der Waals surface area (Å²) in [6.45, 7) is 11.6. The average molecular weight is 605 g/mol. The summed E-state index contributed by atoms with van der Waals surface area (Å²) in [5.74, 6) is 1.42. The molecule has 0 spiro atoms. The molecule has 0 amide bonds. The molecule has 1 fully saturated rings. The minimum atomic E-state index is -0.0423. The zero-order valence-electron chi connectivity index (χ0n) is 28.6. The van der Waals surface area contributed by atoms with Crippen LogP contribution >= 0.6 is 0 Å². The van der Waals surface area contributed by atoms with Gasteiger partial charge in [0.2, 0.25) is 16.9 Å². The maximum absolute atomic E-state index is 2.68. The number of pyridine rings is 2. The Morgan fingerprint density at radius 1 is 0.717 bits per heavy atom. The summed E-state index contributed by atoms with van der Waals surface area (Å²) >= 11 is 0. The Bertz CT molecular complexity index is 2050. The molecule has 0 radical (unpaired) electrons. The fraction of sp³-hybridized carbons (Fsp3) is 0.364. The molecule has 9 rings (SSSR count). The van der Waals surface area contributed by atoms with Crippen molar-refractivity contribution in [1.82, 2.24) is 0 Å². The van der Waals surface area contributed by atoms with Crippen molar-refractivity contribution in [1.29, 1.82) is 0 Å². The van der Waals surface area contributed by atoms with Crippen molar-refractivity contribution in [3.05, 3.63) is 124 Å². The van der Waals surface area contributed by atoms with Crippen LogP contribution < -0.4 is 9.13 Å². The van der Waals surface area contributed by atoms with E-state index in [1.54, 1.807) is 11.1 Å². The molecular formula is C44H48N2+2. The van der Waals surface area contributed by atoms with Gasteiger partial charge in [-0.05, 0) is 124 Å². The number of aromatic nitrogens is 2. The SMILES string of the molecule is CCC1(CC)C(Cc2cc3c(cc2-c2c(C)cc4cc(C)ccc4[n+]2C)C2CCC3CC2)=C[n+]2cccc(C)c2-c2ccccc21. The second-order valence-corrected chi connectivity index (χ2v) is 14.6. The van der Waals surface area contributed by atoms with Gasteiger partial charge in [0.1, 0.15) is 7.05 Å². The third-order valence-corrected chi connectivity index (χ3v) is 12.2. The van der Waals surface area contributed by atoms with Gasteiger partial charge in [-0.15, -0.1) is 0 Å². The van der Waals surface area contributed by atoms with Crippen LogP contribution in [0.15, 0.2) is 84.6 Å². The van der Waals surface area contributed by atoms with Gasteiger partial charge in [-0.2, -0.15) is 9.13 Å². The van der Waals surface area contributed by atoms with Crippen LogP contribution in [0, 0.1) is 20.8 Å². The first-order valence-corrected chi connectivity index (χ1v) is 17.7. The third-order valence-electron chi connectivity index (χ3n) is 12.2. The zero-order valence-corrected chi connectivity index (χ0v) is 28.6. The van der Waals surface area contributed by atoms with Gasteiger partial charge in [0.05, 0.1) is 11.1 Å². The molecule has 0 N–H and O–H groups in total. The van der Waals surface area contributed by atoms with Gasteiger partial charge >= 0.3 is 0 Å². The van der Waals surface area contributed by atoms with Gasteiger partial charge in [0.25, 0.3) is 0 Å². The Balaban J connectivity index is 1.40. The number of allylic oxidation sites excluding steroid dienone is 1. The van der Waals surface area contributed by atoms with Crippen molar-refractivity contribution in [2.24, 2.45) is 7.05 Å². The van der Waals surface area contributed by atoms with Crippen LogP contribution in [0.1, 0.15) is 103 Å². The summed E-state index contributed by atoms with van der Waals surface area (Å²) in [6.07, 6.45) is 13.3. The van der Waals surface area contributed by atoms with E-state index in [9.17, 15) is 0 Å². The molecule has 2 bridgehead atoms. The fourth-order valence-corrected chi connectivity index (χ4v) is 9.82. The van der Waals surface area contributed by atoms with E-state index < -0.39 is 0 Å². The van der Waals surface area contributed by atoms with E-state index in [0.717, 1.165) is 19.3 Å². The van der Waals surface area contributed by atoms with Crippen molar-refractivity contribution in [3.63, 3.8) is 0 Å². The number of fused-ring (bicyclic) bond motifs is 6. The maximum atomic E-state index is 2.68. The Morgan fingerprint density at radius 3 is 2.17 bits per heavy atom. The lowest BCUT2D eigenvalue weighted by atomic mass is 9.64. The molecule has 3 heterocycles. The summed E-state index contributed by atoms with van der Waals surface area (Å²) in [5, 5.41) is 1.32. The summed E-state index contributed by atoms with van der Waals surface area (Å²) in [6, 6.07) is 28.4. The molecule has 0 saturated heterocycles. The van der Waals surface area contributed by atoms with E-state index in [-0.39, 0.29) is 5.41 Å². The highest BCUT2D eigenvalue weighted by atomic mass is 15.0. The topological polar surface area (TPSA) is 7.76 Å². The number of rotatable bonds is 5. The maximum Gasteiger partial charge on any atom is 0.221 e. The standard InChI is InChI=1S/C44H48N2/c1-7-44(8-2)35(27-46-21-11-12-29(4)43(46)36-13-9-10-14-40(36)44)24-33-25-37-31-16-18-32(19-17-31)38(37)26-39(33)42-30(5)23-34-22-28(3)15-20-41(34)45(42)6/h9-15,20-23,25-27,31-32H,7-8,16-19,24H2,1-6H3/q+2. The van der Waals surface area contributed by atoms with Crippen molar-refractivity contribution in [2.45, 2.75) is 96.8 Å². The number of hydrogen-bond donors (Lipinski definition) is 0. The summed E-state index contributed by atoms with van der Waals surface area (Å²) in [4.78, 5) is 0. The number of aryl methyl sites for hydroxylation is 4.